The van der Waals surface area contributed by atoms with E-state index in [2.05, 4.69) is 58.8 Å². The number of rotatable bonds is 6. The molecule has 5 nitrogen and oxygen atoms in total. The third kappa shape index (κ3) is 4.05. The molecule has 21 heavy (non-hydrogen) atoms. The second kappa shape index (κ2) is 7.92. The molecule has 2 atom stereocenters. The second-order valence-electron chi connectivity index (χ2n) is 6.17. The first-order chi connectivity index (χ1) is 10.2. The van der Waals surface area contributed by atoms with Crippen molar-refractivity contribution in [2.24, 2.45) is 0 Å². The van der Waals surface area contributed by atoms with Crippen molar-refractivity contribution in [1.29, 1.82) is 0 Å². The van der Waals surface area contributed by atoms with Gasteiger partial charge in [-0.15, -0.1) is 0 Å². The molecule has 2 heterocycles. The lowest BCUT2D eigenvalue weighted by molar-refractivity contribution is 0.172. The van der Waals surface area contributed by atoms with Gasteiger partial charge < -0.3 is 19.7 Å². The van der Waals surface area contributed by atoms with Gasteiger partial charge in [-0.25, -0.2) is 4.98 Å². The zero-order valence-electron chi connectivity index (χ0n) is 14.0. The summed E-state index contributed by atoms with van der Waals surface area (Å²) in [7, 11) is 4.49. The van der Waals surface area contributed by atoms with Crippen LogP contribution in [0.15, 0.2) is 12.4 Å². The summed E-state index contributed by atoms with van der Waals surface area (Å²) >= 11 is 0. The highest BCUT2D eigenvalue weighted by molar-refractivity contribution is 5.05. The van der Waals surface area contributed by atoms with Crippen LogP contribution in [-0.2, 0) is 6.54 Å². The monoisotopic (exact) mass is 293 g/mol. The first-order valence-electron chi connectivity index (χ1n) is 8.30. The lowest BCUT2D eigenvalue weighted by atomic mass is 10.1. The van der Waals surface area contributed by atoms with Crippen molar-refractivity contribution in [3.8, 4) is 0 Å². The Hall–Kier alpha value is -0.910. The Morgan fingerprint density at radius 3 is 2.86 bits per heavy atom. The average Bonchev–Trinajstić information content (AvgIpc) is 2.87. The predicted molar refractivity (Wildman–Crippen MR) is 87.5 cm³/mol. The van der Waals surface area contributed by atoms with Gasteiger partial charge in [-0.3, -0.25) is 0 Å². The fourth-order valence-corrected chi connectivity index (χ4v) is 3.23. The first-order valence-corrected chi connectivity index (χ1v) is 8.30. The molecule has 1 aliphatic rings. The number of likely N-dealkylation sites (N-methyl/N-ethyl adjacent to an activating group) is 2. The molecule has 1 fully saturated rings. The van der Waals surface area contributed by atoms with E-state index in [1.54, 1.807) is 0 Å². The van der Waals surface area contributed by atoms with Crippen molar-refractivity contribution in [2.45, 2.75) is 45.3 Å². The molecule has 1 aromatic heterocycles. The van der Waals surface area contributed by atoms with Crippen LogP contribution in [-0.4, -0.2) is 65.7 Å². The molecular formula is C16H31N5. The minimum absolute atomic E-state index is 0.297. The normalized spacial score (nSPS) is 23.1. The topological polar surface area (TPSA) is 36.3 Å². The number of hydrogen-bond donors (Lipinski definition) is 1. The summed E-state index contributed by atoms with van der Waals surface area (Å²) in [6.07, 6.45) is 6.41. The summed E-state index contributed by atoms with van der Waals surface area (Å²) in [5.74, 6) is 1.18. The van der Waals surface area contributed by atoms with Crippen molar-refractivity contribution in [2.75, 3.05) is 40.3 Å². The maximum atomic E-state index is 4.66. The van der Waals surface area contributed by atoms with Gasteiger partial charge in [0.15, 0.2) is 0 Å². The molecule has 1 N–H and O–H groups in total. The fourth-order valence-electron chi connectivity index (χ4n) is 3.23. The maximum absolute atomic E-state index is 4.66. The van der Waals surface area contributed by atoms with Crippen LogP contribution in [0.1, 0.15) is 38.6 Å². The zero-order chi connectivity index (χ0) is 15.2. The van der Waals surface area contributed by atoms with E-state index in [-0.39, 0.29) is 0 Å². The van der Waals surface area contributed by atoms with Crippen molar-refractivity contribution in [3.63, 3.8) is 0 Å². The third-order valence-electron chi connectivity index (χ3n) is 4.48. The largest absolute Gasteiger partial charge is 0.334 e. The van der Waals surface area contributed by atoms with Crippen LogP contribution in [0.3, 0.4) is 0 Å². The Balaban J connectivity index is 2.25. The molecule has 120 valence electrons. The van der Waals surface area contributed by atoms with E-state index in [9.17, 15) is 0 Å². The van der Waals surface area contributed by atoms with E-state index in [1.807, 2.05) is 6.20 Å². The highest BCUT2D eigenvalue weighted by Crippen LogP contribution is 2.22. The zero-order valence-corrected chi connectivity index (χ0v) is 14.0. The van der Waals surface area contributed by atoms with Gasteiger partial charge in [0.1, 0.15) is 5.82 Å². The predicted octanol–water partition coefficient (Wildman–Crippen LogP) is 1.58. The van der Waals surface area contributed by atoms with Gasteiger partial charge in [0.25, 0.3) is 0 Å². The maximum Gasteiger partial charge on any atom is 0.127 e. The molecule has 0 aromatic carbocycles. The van der Waals surface area contributed by atoms with Gasteiger partial charge in [0.2, 0.25) is 0 Å². The molecule has 0 saturated carbocycles. The van der Waals surface area contributed by atoms with Crippen LogP contribution >= 0.6 is 0 Å². The fraction of sp³-hybridized carbons (Fsp3) is 0.812. The van der Waals surface area contributed by atoms with Gasteiger partial charge in [-0.2, -0.15) is 0 Å². The Morgan fingerprint density at radius 1 is 1.33 bits per heavy atom. The Morgan fingerprint density at radius 2 is 2.14 bits per heavy atom. The molecule has 0 spiro atoms. The number of aryl methyl sites for hydroxylation is 1. The van der Waals surface area contributed by atoms with Gasteiger partial charge >= 0.3 is 0 Å². The van der Waals surface area contributed by atoms with Crippen LogP contribution in [0.5, 0.6) is 0 Å². The average molecular weight is 293 g/mol. The molecule has 0 amide bonds. The van der Waals surface area contributed by atoms with Crippen LogP contribution in [0, 0.1) is 0 Å². The minimum atomic E-state index is 0.297. The van der Waals surface area contributed by atoms with E-state index in [0.29, 0.717) is 12.1 Å². The number of imidazole rings is 1. The SMILES string of the molecule is CCCNC(c1nccn1CC)C1CN(C)CCCN1C. The summed E-state index contributed by atoms with van der Waals surface area (Å²) in [6.45, 7) is 9.86. The first kappa shape index (κ1) is 16.5. The molecule has 2 unspecified atom stereocenters. The molecule has 2 rings (SSSR count). The van der Waals surface area contributed by atoms with E-state index in [4.69, 9.17) is 0 Å². The van der Waals surface area contributed by atoms with E-state index in [1.165, 1.54) is 18.8 Å². The molecular weight excluding hydrogens is 262 g/mol. The third-order valence-corrected chi connectivity index (χ3v) is 4.48. The summed E-state index contributed by atoms with van der Waals surface area (Å²) in [5, 5.41) is 3.74. The minimum Gasteiger partial charge on any atom is -0.334 e. The molecule has 0 aliphatic carbocycles. The van der Waals surface area contributed by atoms with Gasteiger partial charge in [-0.05, 0) is 53.5 Å². The smallest absolute Gasteiger partial charge is 0.127 e. The quantitative estimate of drug-likeness (QED) is 0.864. The molecule has 0 radical (unpaired) electrons. The van der Waals surface area contributed by atoms with E-state index in [0.717, 1.165) is 32.6 Å². The summed E-state index contributed by atoms with van der Waals surface area (Å²) in [6, 6.07) is 0.766. The van der Waals surface area contributed by atoms with Gasteiger partial charge in [0.05, 0.1) is 6.04 Å². The number of aromatic nitrogens is 2. The Bertz CT molecular complexity index is 417. The van der Waals surface area contributed by atoms with Gasteiger partial charge in [-0.1, -0.05) is 6.92 Å². The number of hydrogen-bond acceptors (Lipinski definition) is 4. The molecule has 0 bridgehead atoms. The number of nitrogens with zero attached hydrogens (tertiary/aromatic N) is 4. The van der Waals surface area contributed by atoms with Crippen LogP contribution < -0.4 is 5.32 Å². The molecule has 5 heteroatoms. The van der Waals surface area contributed by atoms with Crippen molar-refractivity contribution in [3.05, 3.63) is 18.2 Å². The lowest BCUT2D eigenvalue weighted by Gasteiger charge is -2.35. The van der Waals surface area contributed by atoms with E-state index < -0.39 is 0 Å². The Labute approximate surface area is 129 Å². The molecule has 1 aliphatic heterocycles. The highest BCUT2D eigenvalue weighted by atomic mass is 15.3. The van der Waals surface area contributed by atoms with Gasteiger partial charge in [0, 0.05) is 31.5 Å². The van der Waals surface area contributed by atoms with Crippen LogP contribution in [0.4, 0.5) is 0 Å². The molecule has 1 saturated heterocycles. The van der Waals surface area contributed by atoms with E-state index >= 15 is 0 Å². The van der Waals surface area contributed by atoms with Crippen LogP contribution in [0.25, 0.3) is 0 Å². The molecule has 1 aromatic rings. The van der Waals surface area contributed by atoms with Crippen molar-refractivity contribution < 1.29 is 0 Å². The number of nitrogens with one attached hydrogen (secondary N) is 1. The van der Waals surface area contributed by atoms with Crippen molar-refractivity contribution >= 4 is 0 Å². The standard InChI is InChI=1S/C16H31N5/c1-5-8-17-15(16-18-9-12-21(16)6-2)14-13-19(3)10-7-11-20(14)4/h9,12,14-15,17H,5-8,10-11,13H2,1-4H3. The Kier molecular flexibility index (Phi) is 6.21. The summed E-state index contributed by atoms with van der Waals surface area (Å²) in [4.78, 5) is 9.62. The lowest BCUT2D eigenvalue weighted by Crippen LogP contribution is -2.48. The van der Waals surface area contributed by atoms with Crippen molar-refractivity contribution in [1.82, 2.24) is 24.7 Å². The summed E-state index contributed by atoms with van der Waals surface area (Å²) < 4.78 is 2.27. The highest BCUT2D eigenvalue weighted by Gasteiger charge is 2.31. The van der Waals surface area contributed by atoms with Crippen LogP contribution in [0.2, 0.25) is 0 Å². The second-order valence-corrected chi connectivity index (χ2v) is 6.17. The summed E-state index contributed by atoms with van der Waals surface area (Å²) in [5.41, 5.74) is 0.